The summed E-state index contributed by atoms with van der Waals surface area (Å²) >= 11 is 0. The Morgan fingerprint density at radius 1 is 0.977 bits per heavy atom. The van der Waals surface area contributed by atoms with Crippen LogP contribution in [-0.4, -0.2) is 68.5 Å². The number of rotatable bonds is 11. The molecule has 13 heteroatoms. The van der Waals surface area contributed by atoms with Crippen molar-refractivity contribution in [2.45, 2.75) is 48.6 Å². The normalized spacial score (nSPS) is 17.2. The Bertz CT molecular complexity index is 1660. The molecule has 2 amide bonds. The van der Waals surface area contributed by atoms with Gasteiger partial charge in [-0.15, -0.1) is 0 Å². The van der Waals surface area contributed by atoms with Crippen molar-refractivity contribution in [1.29, 1.82) is 0 Å². The van der Waals surface area contributed by atoms with Crippen LogP contribution in [0.25, 0.3) is 0 Å². The summed E-state index contributed by atoms with van der Waals surface area (Å²) in [5.74, 6) is -0.368. The van der Waals surface area contributed by atoms with Gasteiger partial charge in [-0.05, 0) is 61.4 Å². The van der Waals surface area contributed by atoms with E-state index >= 15 is 0 Å². The molecule has 1 aliphatic rings. The molecule has 0 aliphatic carbocycles. The van der Waals surface area contributed by atoms with E-state index in [2.05, 4.69) is 5.32 Å². The number of carbonyl (C=O) groups is 3. The summed E-state index contributed by atoms with van der Waals surface area (Å²) in [6, 6.07) is 15.3. The molecule has 3 aromatic rings. The van der Waals surface area contributed by atoms with Gasteiger partial charge >= 0.3 is 6.16 Å². The number of carbonyl (C=O) groups excluding carboxylic acids is 2. The van der Waals surface area contributed by atoms with Crippen molar-refractivity contribution in [2.75, 3.05) is 26.1 Å². The highest BCUT2D eigenvalue weighted by Crippen LogP contribution is 2.41. The molecule has 3 aromatic carbocycles. The first-order valence-electron chi connectivity index (χ1n) is 13.8. The number of nitrogens with zero attached hydrogens (tertiary/aromatic N) is 1. The highest BCUT2D eigenvalue weighted by molar-refractivity contribution is 7.92. The van der Waals surface area contributed by atoms with Crippen LogP contribution in [0.15, 0.2) is 71.6 Å². The van der Waals surface area contributed by atoms with Gasteiger partial charge in [0.2, 0.25) is 11.8 Å². The van der Waals surface area contributed by atoms with Crippen LogP contribution >= 0.6 is 0 Å². The summed E-state index contributed by atoms with van der Waals surface area (Å²) in [7, 11) is -0.890. The number of primary amides is 1. The first-order chi connectivity index (χ1) is 20.9. The molecule has 4 rings (SSSR count). The molecular formula is C31H35N3O9S. The van der Waals surface area contributed by atoms with Crippen LogP contribution in [-0.2, 0) is 19.4 Å². The van der Waals surface area contributed by atoms with Crippen molar-refractivity contribution in [3.63, 3.8) is 0 Å². The Morgan fingerprint density at radius 2 is 1.68 bits per heavy atom. The second kappa shape index (κ2) is 13.2. The number of benzene rings is 3. The van der Waals surface area contributed by atoms with Gasteiger partial charge in [-0.2, -0.15) is 0 Å². The van der Waals surface area contributed by atoms with Crippen molar-refractivity contribution < 1.29 is 42.1 Å². The van der Waals surface area contributed by atoms with E-state index in [1.54, 1.807) is 62.4 Å². The van der Waals surface area contributed by atoms with Gasteiger partial charge in [0.1, 0.15) is 12.1 Å². The van der Waals surface area contributed by atoms with E-state index in [0.717, 1.165) is 0 Å². The van der Waals surface area contributed by atoms with Crippen LogP contribution in [0.3, 0.4) is 0 Å². The molecule has 3 atom stereocenters. The molecule has 44 heavy (non-hydrogen) atoms. The minimum atomic E-state index is -3.83. The largest absolute Gasteiger partial charge is 0.506 e. The molecule has 0 spiro atoms. The molecule has 0 radical (unpaired) electrons. The fourth-order valence-electron chi connectivity index (χ4n) is 5.28. The molecule has 0 saturated carbocycles. The SMILES string of the molecule is COc1ccc([C@@H](Nc2cccc(C(N)=O)c2)C(=O)N2CC[C@H](OC(=O)O)[C@H]2c2ccccc2S(=O)(=O)C(C)C)cc1OC. The smallest absolute Gasteiger partial charge is 0.493 e. The number of nitrogens with one attached hydrogen (secondary N) is 1. The average Bonchev–Trinajstić information content (AvgIpc) is 3.41. The zero-order valence-corrected chi connectivity index (χ0v) is 25.5. The predicted octanol–water partition coefficient (Wildman–Crippen LogP) is 4.17. The van der Waals surface area contributed by atoms with Gasteiger partial charge < -0.3 is 35.3 Å². The number of likely N-dealkylation sites (tertiary alicyclic amines) is 1. The Balaban J connectivity index is 1.86. The summed E-state index contributed by atoms with van der Waals surface area (Å²) in [5.41, 5.74) is 6.81. The molecule has 0 bridgehead atoms. The maximum Gasteiger partial charge on any atom is 0.506 e. The number of hydrogen-bond acceptors (Lipinski definition) is 9. The Hall–Kier alpha value is -4.78. The molecule has 1 aliphatic heterocycles. The molecule has 1 saturated heterocycles. The fourth-order valence-corrected chi connectivity index (χ4v) is 6.58. The van der Waals surface area contributed by atoms with Gasteiger partial charge in [-0.1, -0.05) is 30.3 Å². The number of anilines is 1. The van der Waals surface area contributed by atoms with E-state index in [9.17, 15) is 27.9 Å². The molecule has 0 unspecified atom stereocenters. The summed E-state index contributed by atoms with van der Waals surface area (Å²) in [5, 5.41) is 11.9. The topological polar surface area (TPSA) is 175 Å². The molecule has 1 heterocycles. The molecule has 12 nitrogen and oxygen atoms in total. The number of sulfone groups is 1. The van der Waals surface area contributed by atoms with Crippen LogP contribution in [0, 0.1) is 0 Å². The van der Waals surface area contributed by atoms with Crippen molar-refractivity contribution >= 4 is 33.5 Å². The van der Waals surface area contributed by atoms with Gasteiger partial charge in [0.25, 0.3) is 0 Å². The van der Waals surface area contributed by atoms with E-state index in [4.69, 9.17) is 19.9 Å². The van der Waals surface area contributed by atoms with E-state index in [1.807, 2.05) is 0 Å². The third kappa shape index (κ3) is 6.57. The maximum absolute atomic E-state index is 14.6. The first kappa shape index (κ1) is 32.1. The van der Waals surface area contributed by atoms with E-state index in [-0.39, 0.29) is 29.0 Å². The van der Waals surface area contributed by atoms with Crippen LogP contribution in [0.1, 0.15) is 53.8 Å². The van der Waals surface area contributed by atoms with Crippen LogP contribution < -0.4 is 20.5 Å². The number of amides is 2. The average molecular weight is 626 g/mol. The Morgan fingerprint density at radius 3 is 2.32 bits per heavy atom. The fraction of sp³-hybridized carbons (Fsp3) is 0.323. The van der Waals surface area contributed by atoms with Gasteiger partial charge in [0.05, 0.1) is 30.4 Å². The maximum atomic E-state index is 14.6. The third-order valence-corrected chi connectivity index (χ3v) is 9.71. The lowest BCUT2D eigenvalue weighted by molar-refractivity contribution is -0.134. The zero-order valence-electron chi connectivity index (χ0n) is 24.7. The van der Waals surface area contributed by atoms with Gasteiger partial charge in [0.15, 0.2) is 21.3 Å². The van der Waals surface area contributed by atoms with E-state index < -0.39 is 51.2 Å². The number of carboxylic acid groups (broad SMARTS) is 1. The van der Waals surface area contributed by atoms with Crippen LogP contribution in [0.4, 0.5) is 10.5 Å². The minimum Gasteiger partial charge on any atom is -0.493 e. The third-order valence-electron chi connectivity index (χ3n) is 7.49. The summed E-state index contributed by atoms with van der Waals surface area (Å²) < 4.78 is 42.8. The number of nitrogens with two attached hydrogens (primary N) is 1. The quantitative estimate of drug-likeness (QED) is 0.262. The Labute approximate surface area is 255 Å². The van der Waals surface area contributed by atoms with Crippen molar-refractivity contribution in [1.82, 2.24) is 4.90 Å². The van der Waals surface area contributed by atoms with Crippen LogP contribution in [0.2, 0.25) is 0 Å². The second-order valence-corrected chi connectivity index (χ2v) is 12.9. The predicted molar refractivity (Wildman–Crippen MR) is 162 cm³/mol. The summed E-state index contributed by atoms with van der Waals surface area (Å²) in [4.78, 5) is 39.6. The van der Waals surface area contributed by atoms with E-state index in [1.165, 1.54) is 37.3 Å². The van der Waals surface area contributed by atoms with Crippen LogP contribution in [0.5, 0.6) is 11.5 Å². The summed E-state index contributed by atoms with van der Waals surface area (Å²) in [6.45, 7) is 3.17. The van der Waals surface area contributed by atoms with Crippen molar-refractivity contribution in [3.05, 3.63) is 83.4 Å². The van der Waals surface area contributed by atoms with Crippen molar-refractivity contribution in [2.24, 2.45) is 5.73 Å². The second-order valence-electron chi connectivity index (χ2n) is 10.5. The van der Waals surface area contributed by atoms with Gasteiger partial charge in [-0.3, -0.25) is 9.59 Å². The zero-order chi connectivity index (χ0) is 32.2. The molecule has 4 N–H and O–H groups in total. The Kier molecular flexibility index (Phi) is 9.68. The summed E-state index contributed by atoms with van der Waals surface area (Å²) in [6.07, 6.45) is -2.45. The molecule has 1 fully saturated rings. The molecular weight excluding hydrogens is 590 g/mol. The molecule has 0 aromatic heterocycles. The lowest BCUT2D eigenvalue weighted by Gasteiger charge is -2.33. The molecule has 234 valence electrons. The van der Waals surface area contributed by atoms with Gasteiger partial charge in [0, 0.05) is 24.2 Å². The number of methoxy groups -OCH3 is 2. The van der Waals surface area contributed by atoms with Gasteiger partial charge in [-0.25, -0.2) is 13.2 Å². The standard InChI is InChI=1S/C31H35N3O9S/c1-18(2)44(39,40)26-11-6-5-10-22(26)28-24(43-31(37)38)14-15-34(28)30(36)27(19-12-13-23(41-3)25(17-19)42-4)33-21-9-7-8-20(16-21)29(32)35/h5-13,16-18,24,27-28,33H,14-15H2,1-4H3,(H2,32,35)(H,37,38)/t24-,27+,28+/m0/s1. The number of ether oxygens (including phenoxy) is 3. The highest BCUT2D eigenvalue weighted by Gasteiger charge is 2.45. The lowest BCUT2D eigenvalue weighted by atomic mass is 9.99. The monoisotopic (exact) mass is 625 g/mol. The minimum absolute atomic E-state index is 0.0107. The highest BCUT2D eigenvalue weighted by atomic mass is 32.2. The van der Waals surface area contributed by atoms with E-state index in [0.29, 0.717) is 22.7 Å². The first-order valence-corrected chi connectivity index (χ1v) is 15.3. The van der Waals surface area contributed by atoms with Crippen molar-refractivity contribution in [3.8, 4) is 11.5 Å². The number of hydrogen-bond donors (Lipinski definition) is 3. The lowest BCUT2D eigenvalue weighted by Crippen LogP contribution is -2.40.